The number of hydrogen-bond acceptors (Lipinski definition) is 7. The summed E-state index contributed by atoms with van der Waals surface area (Å²) in [6.07, 6.45) is 6.24. The Morgan fingerprint density at radius 2 is 1.29 bits per heavy atom. The topological polar surface area (TPSA) is 73.2 Å². The van der Waals surface area contributed by atoms with Gasteiger partial charge in [0.05, 0.1) is 58.7 Å². The number of nitrogens with zero attached hydrogens (tertiary/aromatic N) is 2. The summed E-state index contributed by atoms with van der Waals surface area (Å²) in [5.41, 5.74) is 0. The van der Waals surface area contributed by atoms with Gasteiger partial charge < -0.3 is 23.3 Å². The fraction of sp³-hybridized carbons (Fsp3) is 0.885. The van der Waals surface area contributed by atoms with E-state index in [0.29, 0.717) is 64.8 Å². The summed E-state index contributed by atoms with van der Waals surface area (Å²) in [7, 11) is -1.21. The van der Waals surface area contributed by atoms with Gasteiger partial charge in [-0.15, -0.1) is 11.8 Å². The molecule has 0 aliphatic heterocycles. The van der Waals surface area contributed by atoms with Crippen molar-refractivity contribution in [3.63, 3.8) is 0 Å². The number of fused-ring (bicyclic) bond motifs is 1. The highest BCUT2D eigenvalue weighted by Crippen LogP contribution is 2.54. The van der Waals surface area contributed by atoms with Crippen LogP contribution in [0.4, 0.5) is 0 Å². The highest BCUT2D eigenvalue weighted by atomic mass is 31.2. The molecule has 2 aliphatic rings. The van der Waals surface area contributed by atoms with Crippen molar-refractivity contribution >= 4 is 8.53 Å². The van der Waals surface area contributed by atoms with Crippen LogP contribution in [0.15, 0.2) is 0 Å². The molecule has 0 aromatic carbocycles. The molecule has 2 rings (SSSR count). The minimum Gasteiger partial charge on any atom is -0.379 e. The van der Waals surface area contributed by atoms with E-state index < -0.39 is 8.53 Å². The van der Waals surface area contributed by atoms with Crippen LogP contribution in [-0.2, 0) is 23.3 Å². The van der Waals surface area contributed by atoms with Crippen molar-refractivity contribution in [1.29, 1.82) is 5.26 Å². The maximum absolute atomic E-state index is 8.77. The van der Waals surface area contributed by atoms with Crippen molar-refractivity contribution in [1.82, 2.24) is 4.67 Å². The maximum atomic E-state index is 8.77. The zero-order chi connectivity index (χ0) is 24.6. The maximum Gasteiger partial charge on any atom is 0.259 e. The van der Waals surface area contributed by atoms with Crippen molar-refractivity contribution in [2.75, 3.05) is 52.9 Å². The molecule has 1 fully saturated rings. The molecule has 0 heterocycles. The van der Waals surface area contributed by atoms with E-state index in [1.165, 1.54) is 19.3 Å². The third-order valence-electron chi connectivity index (χ3n) is 6.27. The average Bonchev–Trinajstić information content (AvgIpc) is 3.42. The molecule has 0 aromatic heterocycles. The van der Waals surface area contributed by atoms with Gasteiger partial charge in [0.25, 0.3) is 8.53 Å². The number of nitriles is 1. The predicted molar refractivity (Wildman–Crippen MR) is 135 cm³/mol. The number of hydrogen-bond donors (Lipinski definition) is 0. The van der Waals surface area contributed by atoms with Gasteiger partial charge in [-0.25, -0.2) is 4.67 Å². The summed E-state index contributed by atoms with van der Waals surface area (Å²) in [4.78, 5) is 0. The summed E-state index contributed by atoms with van der Waals surface area (Å²) in [5.74, 6) is 9.19. The summed E-state index contributed by atoms with van der Waals surface area (Å²) < 4.78 is 31.1. The molecule has 4 atom stereocenters. The molecular weight excluding hydrogens is 451 g/mol. The molecule has 0 radical (unpaired) electrons. The summed E-state index contributed by atoms with van der Waals surface area (Å²) in [5, 5.41) is 8.77. The van der Waals surface area contributed by atoms with Crippen LogP contribution in [0, 0.1) is 40.9 Å². The van der Waals surface area contributed by atoms with E-state index in [1.807, 2.05) is 0 Å². The monoisotopic (exact) mass is 496 g/mol. The van der Waals surface area contributed by atoms with Crippen LogP contribution in [0.2, 0.25) is 0 Å². The highest BCUT2D eigenvalue weighted by molar-refractivity contribution is 7.44. The first-order chi connectivity index (χ1) is 16.6. The molecule has 8 heteroatoms. The molecule has 0 spiro atoms. The molecule has 0 amide bonds. The Hall–Kier alpha value is -0.760. The van der Waals surface area contributed by atoms with Gasteiger partial charge in [0.2, 0.25) is 0 Å². The molecule has 0 aromatic rings. The number of ether oxygens (including phenoxy) is 3. The lowest BCUT2D eigenvalue weighted by Crippen LogP contribution is -2.34. The molecule has 2 aliphatic carbocycles. The lowest BCUT2D eigenvalue weighted by molar-refractivity contribution is 0.00715. The fourth-order valence-corrected chi connectivity index (χ4v) is 6.29. The van der Waals surface area contributed by atoms with Crippen LogP contribution in [-0.4, -0.2) is 69.6 Å². The van der Waals surface area contributed by atoms with Gasteiger partial charge in [-0.2, -0.15) is 5.26 Å². The Balaban J connectivity index is 1.43. The normalized spacial score (nSPS) is 22.6. The average molecular weight is 497 g/mol. The molecule has 0 saturated heterocycles. The van der Waals surface area contributed by atoms with E-state index in [0.717, 1.165) is 37.2 Å². The second-order valence-electron chi connectivity index (χ2n) is 9.43. The van der Waals surface area contributed by atoms with Crippen LogP contribution in [0.3, 0.4) is 0 Å². The lowest BCUT2D eigenvalue weighted by Gasteiger charge is -2.35. The molecular formula is C26H45N2O5P. The molecule has 1 unspecified atom stereocenters. The van der Waals surface area contributed by atoms with Crippen molar-refractivity contribution in [3.8, 4) is 17.9 Å². The second-order valence-corrected chi connectivity index (χ2v) is 10.9. The Morgan fingerprint density at radius 1 is 0.794 bits per heavy atom. The van der Waals surface area contributed by atoms with E-state index in [4.69, 9.17) is 28.5 Å². The fourth-order valence-electron chi connectivity index (χ4n) is 4.71. The molecule has 0 bridgehead atoms. The minimum atomic E-state index is -1.21. The lowest BCUT2D eigenvalue weighted by atomic mass is 10.1. The first-order valence-corrected chi connectivity index (χ1v) is 14.1. The quantitative estimate of drug-likeness (QED) is 0.139. The van der Waals surface area contributed by atoms with Gasteiger partial charge in [-0.1, -0.05) is 0 Å². The largest absolute Gasteiger partial charge is 0.379 e. The molecule has 194 valence electrons. The van der Waals surface area contributed by atoms with E-state index in [2.05, 4.69) is 50.3 Å². The van der Waals surface area contributed by atoms with Crippen molar-refractivity contribution in [2.45, 2.75) is 78.3 Å². The van der Waals surface area contributed by atoms with Crippen molar-refractivity contribution in [3.05, 3.63) is 0 Å². The van der Waals surface area contributed by atoms with Crippen LogP contribution in [0.1, 0.15) is 66.2 Å². The van der Waals surface area contributed by atoms with Gasteiger partial charge in [0.1, 0.15) is 0 Å². The van der Waals surface area contributed by atoms with Gasteiger partial charge >= 0.3 is 0 Å². The van der Waals surface area contributed by atoms with E-state index in [9.17, 15) is 0 Å². The zero-order valence-electron chi connectivity index (χ0n) is 21.7. The summed E-state index contributed by atoms with van der Waals surface area (Å²) in [6.45, 7) is 13.0. The Labute approximate surface area is 208 Å². The van der Waals surface area contributed by atoms with Crippen LogP contribution < -0.4 is 0 Å². The number of rotatable bonds is 19. The Morgan fingerprint density at radius 3 is 1.82 bits per heavy atom. The molecule has 7 nitrogen and oxygen atoms in total. The smallest absolute Gasteiger partial charge is 0.259 e. The Bertz CT molecular complexity index is 619. The van der Waals surface area contributed by atoms with Crippen LogP contribution in [0.25, 0.3) is 0 Å². The van der Waals surface area contributed by atoms with Crippen molar-refractivity contribution < 1.29 is 23.3 Å². The Kier molecular flexibility index (Phi) is 15.3. The van der Waals surface area contributed by atoms with E-state index in [1.54, 1.807) is 0 Å². The third-order valence-corrected chi connectivity index (χ3v) is 8.38. The SMILES string of the molecule is CC(C)N(C(C)C)P(OCCC#N)OCCOCCOCCOCC[C@@H]1[C@@H]2CCC#CCC[C@@H]21. The van der Waals surface area contributed by atoms with Gasteiger partial charge in [-0.05, 0) is 64.7 Å². The second kappa shape index (κ2) is 17.6. The zero-order valence-corrected chi connectivity index (χ0v) is 22.6. The predicted octanol–water partition coefficient (Wildman–Crippen LogP) is 5.16. The highest BCUT2D eigenvalue weighted by Gasteiger charge is 2.47. The van der Waals surface area contributed by atoms with Gasteiger partial charge in [0, 0.05) is 31.5 Å². The van der Waals surface area contributed by atoms with Crippen LogP contribution in [0.5, 0.6) is 0 Å². The van der Waals surface area contributed by atoms with Crippen molar-refractivity contribution in [2.24, 2.45) is 17.8 Å². The molecule has 34 heavy (non-hydrogen) atoms. The van der Waals surface area contributed by atoms with Gasteiger partial charge in [0.15, 0.2) is 0 Å². The molecule has 1 saturated carbocycles. The third kappa shape index (κ3) is 11.3. The minimum absolute atomic E-state index is 0.293. The van der Waals surface area contributed by atoms with E-state index >= 15 is 0 Å². The summed E-state index contributed by atoms with van der Waals surface area (Å²) in [6, 6.07) is 2.70. The standard InChI is InChI=1S/C26H45N2O5P/c1-22(2)28(23(3)4)34(32-14-9-13-27)33-21-20-31-19-18-30-17-16-29-15-12-26-24-10-7-5-6-8-11-25(24)26/h22-26H,7-12,14-21H2,1-4H3/t24-,25+,26-,34?. The first kappa shape index (κ1) is 29.5. The first-order valence-electron chi connectivity index (χ1n) is 13.0. The van der Waals surface area contributed by atoms with Gasteiger partial charge in [-0.3, -0.25) is 0 Å². The van der Waals surface area contributed by atoms with Crippen LogP contribution >= 0.6 is 8.53 Å². The van der Waals surface area contributed by atoms with E-state index in [-0.39, 0.29) is 0 Å². The summed E-state index contributed by atoms with van der Waals surface area (Å²) >= 11 is 0. The molecule has 0 N–H and O–H groups in total.